The Balaban J connectivity index is 4.02. The van der Waals surface area contributed by atoms with Crippen LogP contribution in [-0.4, -0.2) is 73.4 Å². The first-order chi connectivity index (χ1) is 26.0. The molecule has 3 atom stereocenters. The minimum Gasteiger partial charge on any atom is -0.387 e. The van der Waals surface area contributed by atoms with E-state index in [0.29, 0.717) is 17.4 Å². The lowest BCUT2D eigenvalue weighted by molar-refractivity contribution is -0.870. The second-order valence-electron chi connectivity index (χ2n) is 17.1. The molecule has 0 spiro atoms. The van der Waals surface area contributed by atoms with E-state index in [1.165, 1.54) is 161 Å². The highest BCUT2D eigenvalue weighted by Crippen LogP contribution is 2.43. The van der Waals surface area contributed by atoms with Crippen LogP contribution in [0.4, 0.5) is 0 Å². The van der Waals surface area contributed by atoms with E-state index >= 15 is 0 Å². The maximum absolute atomic E-state index is 12.8. The van der Waals surface area contributed by atoms with Gasteiger partial charge in [0, 0.05) is 6.42 Å². The van der Waals surface area contributed by atoms with Crippen LogP contribution in [0.1, 0.15) is 219 Å². The number of rotatable bonds is 42. The molecule has 8 nitrogen and oxygen atoms in total. The molecule has 322 valence electrons. The number of carbonyl (C=O) groups excluding carboxylic acids is 1. The molecule has 0 bridgehead atoms. The number of nitrogens with zero attached hydrogens (tertiary/aromatic N) is 1. The van der Waals surface area contributed by atoms with Gasteiger partial charge in [-0.15, -0.1) is 0 Å². The molecule has 0 radical (unpaired) electrons. The molecule has 0 saturated heterocycles. The summed E-state index contributed by atoms with van der Waals surface area (Å²) in [6.07, 6.45) is 43.2. The molecule has 0 rings (SSSR count). The average Bonchev–Trinajstić information content (AvgIpc) is 3.12. The summed E-state index contributed by atoms with van der Waals surface area (Å²) >= 11 is 0. The number of aliphatic hydroxyl groups excluding tert-OH is 1. The first kappa shape index (κ1) is 53.2. The molecule has 54 heavy (non-hydrogen) atoms. The van der Waals surface area contributed by atoms with Crippen LogP contribution in [0.5, 0.6) is 0 Å². The molecular formula is C45H92N2O6P+. The third-order valence-electron chi connectivity index (χ3n) is 10.5. The van der Waals surface area contributed by atoms with Gasteiger partial charge in [-0.3, -0.25) is 13.8 Å². The van der Waals surface area contributed by atoms with Crippen molar-refractivity contribution >= 4 is 13.7 Å². The molecule has 3 unspecified atom stereocenters. The van der Waals surface area contributed by atoms with Crippen molar-refractivity contribution in [2.24, 2.45) is 0 Å². The zero-order chi connectivity index (χ0) is 40.0. The molecule has 1 amide bonds. The van der Waals surface area contributed by atoms with Gasteiger partial charge in [-0.05, 0) is 19.3 Å². The molecule has 3 N–H and O–H groups in total. The van der Waals surface area contributed by atoms with Gasteiger partial charge in [0.1, 0.15) is 13.2 Å². The minimum absolute atomic E-state index is 0.0639. The van der Waals surface area contributed by atoms with Crippen molar-refractivity contribution in [3.8, 4) is 0 Å². The second-order valence-corrected chi connectivity index (χ2v) is 18.6. The van der Waals surface area contributed by atoms with Gasteiger partial charge in [0.25, 0.3) is 0 Å². The van der Waals surface area contributed by atoms with Crippen LogP contribution in [0.25, 0.3) is 0 Å². The largest absolute Gasteiger partial charge is 0.472 e. The Morgan fingerprint density at radius 3 is 1.37 bits per heavy atom. The Labute approximate surface area is 335 Å². The van der Waals surface area contributed by atoms with Crippen LogP contribution in [0.3, 0.4) is 0 Å². The fourth-order valence-corrected chi connectivity index (χ4v) is 7.54. The third-order valence-corrected chi connectivity index (χ3v) is 11.5. The lowest BCUT2D eigenvalue weighted by atomic mass is 10.0. The Morgan fingerprint density at radius 2 is 0.981 bits per heavy atom. The minimum atomic E-state index is -4.32. The summed E-state index contributed by atoms with van der Waals surface area (Å²) in [6, 6.07) is -0.837. The monoisotopic (exact) mass is 788 g/mol. The van der Waals surface area contributed by atoms with Crippen molar-refractivity contribution in [3.05, 3.63) is 12.2 Å². The number of unbranched alkanes of at least 4 members (excludes halogenated alkanes) is 29. The summed E-state index contributed by atoms with van der Waals surface area (Å²) in [7, 11) is 1.58. The van der Waals surface area contributed by atoms with E-state index in [4.69, 9.17) is 9.05 Å². The van der Waals surface area contributed by atoms with Crippen LogP contribution in [0.2, 0.25) is 0 Å². The van der Waals surface area contributed by atoms with E-state index < -0.39 is 20.0 Å². The Morgan fingerprint density at radius 1 is 0.611 bits per heavy atom. The van der Waals surface area contributed by atoms with E-state index in [1.807, 2.05) is 27.2 Å². The summed E-state index contributed by atoms with van der Waals surface area (Å²) in [5.74, 6) is -0.177. The number of carbonyl (C=O) groups is 1. The molecule has 0 aromatic heterocycles. The molecule has 0 aromatic carbocycles. The van der Waals surface area contributed by atoms with E-state index in [2.05, 4.69) is 19.2 Å². The molecule has 0 aliphatic heterocycles. The number of phosphoric acid groups is 1. The van der Waals surface area contributed by atoms with Gasteiger partial charge in [0.2, 0.25) is 5.91 Å². The van der Waals surface area contributed by atoms with Gasteiger partial charge in [-0.2, -0.15) is 0 Å². The number of aliphatic hydroxyl groups is 1. The molecule has 0 fully saturated rings. The Bertz CT molecular complexity index is 896. The molecule has 0 heterocycles. The van der Waals surface area contributed by atoms with Gasteiger partial charge in [0.05, 0.1) is 39.9 Å². The Kier molecular flexibility index (Phi) is 37.3. The number of phosphoric ester groups is 1. The summed E-state index contributed by atoms with van der Waals surface area (Å²) in [5.41, 5.74) is 0. The summed E-state index contributed by atoms with van der Waals surface area (Å²) in [5, 5.41) is 13.7. The lowest BCUT2D eigenvalue weighted by Crippen LogP contribution is -2.45. The summed E-state index contributed by atoms with van der Waals surface area (Å²) in [6.45, 7) is 4.77. The van der Waals surface area contributed by atoms with Crippen molar-refractivity contribution in [1.29, 1.82) is 0 Å². The maximum Gasteiger partial charge on any atom is 0.472 e. The van der Waals surface area contributed by atoms with Crippen molar-refractivity contribution in [1.82, 2.24) is 5.32 Å². The predicted molar refractivity (Wildman–Crippen MR) is 231 cm³/mol. The molecule has 9 heteroatoms. The Hall–Kier alpha value is -0.760. The molecular weight excluding hydrogens is 695 g/mol. The molecule has 0 saturated carbocycles. The van der Waals surface area contributed by atoms with Crippen LogP contribution in [0, 0.1) is 0 Å². The number of quaternary nitrogens is 1. The standard InChI is InChI=1S/C45H91N2O6P/c1-6-8-10-12-14-15-16-17-18-19-20-21-22-23-24-25-26-27-28-29-30-31-33-35-37-39-45(49)46-43(44(48)38-36-34-32-13-11-9-7-2)42-53-54(50,51)52-41-40-47(3,4)5/h36,38,43-44,48H,6-35,37,39-42H2,1-5H3,(H-,46,49,50,51)/p+1/b38-36+. The van der Waals surface area contributed by atoms with E-state index in [0.717, 1.165) is 38.5 Å². The number of likely N-dealkylation sites (N-methyl/N-ethyl adjacent to an activating group) is 1. The van der Waals surface area contributed by atoms with Gasteiger partial charge >= 0.3 is 7.82 Å². The number of hydrogen-bond donors (Lipinski definition) is 3. The molecule has 0 aliphatic rings. The predicted octanol–water partition coefficient (Wildman–Crippen LogP) is 12.8. The number of hydrogen-bond acceptors (Lipinski definition) is 5. The van der Waals surface area contributed by atoms with Crippen molar-refractivity contribution < 1.29 is 32.9 Å². The smallest absolute Gasteiger partial charge is 0.387 e. The third kappa shape index (κ3) is 39.5. The number of nitrogens with one attached hydrogen (secondary N) is 1. The quantitative estimate of drug-likeness (QED) is 0.0246. The van der Waals surface area contributed by atoms with Crippen molar-refractivity contribution in [2.75, 3.05) is 40.9 Å². The second kappa shape index (κ2) is 37.8. The highest BCUT2D eigenvalue weighted by atomic mass is 31.2. The van der Waals surface area contributed by atoms with Gasteiger partial charge in [-0.1, -0.05) is 206 Å². The number of allylic oxidation sites excluding steroid dienone is 1. The molecule has 0 aliphatic carbocycles. The van der Waals surface area contributed by atoms with Crippen LogP contribution in [0.15, 0.2) is 12.2 Å². The van der Waals surface area contributed by atoms with Crippen LogP contribution in [-0.2, 0) is 18.4 Å². The lowest BCUT2D eigenvalue weighted by Gasteiger charge is -2.25. The topological polar surface area (TPSA) is 105 Å². The fourth-order valence-electron chi connectivity index (χ4n) is 6.81. The zero-order valence-electron chi connectivity index (χ0n) is 36.5. The molecule has 0 aromatic rings. The van der Waals surface area contributed by atoms with Gasteiger partial charge in [-0.25, -0.2) is 4.57 Å². The highest BCUT2D eigenvalue weighted by Gasteiger charge is 2.27. The van der Waals surface area contributed by atoms with Crippen LogP contribution < -0.4 is 5.32 Å². The van der Waals surface area contributed by atoms with E-state index in [9.17, 15) is 19.4 Å². The van der Waals surface area contributed by atoms with Crippen LogP contribution >= 0.6 is 7.82 Å². The van der Waals surface area contributed by atoms with Crippen molar-refractivity contribution in [3.63, 3.8) is 0 Å². The first-order valence-corrected chi connectivity index (χ1v) is 24.6. The number of amides is 1. The summed E-state index contributed by atoms with van der Waals surface area (Å²) in [4.78, 5) is 23.0. The summed E-state index contributed by atoms with van der Waals surface area (Å²) < 4.78 is 23.4. The van der Waals surface area contributed by atoms with E-state index in [1.54, 1.807) is 6.08 Å². The van der Waals surface area contributed by atoms with Gasteiger partial charge in [0.15, 0.2) is 0 Å². The average molecular weight is 788 g/mol. The first-order valence-electron chi connectivity index (χ1n) is 23.1. The zero-order valence-corrected chi connectivity index (χ0v) is 37.4. The van der Waals surface area contributed by atoms with E-state index in [-0.39, 0.29) is 19.1 Å². The normalized spacial score (nSPS) is 14.4. The van der Waals surface area contributed by atoms with Crippen molar-refractivity contribution in [2.45, 2.75) is 231 Å². The fraction of sp³-hybridized carbons (Fsp3) is 0.933. The SMILES string of the molecule is CCCCCCC/C=C/C(O)C(COP(=O)(O)OCC[N+](C)(C)C)NC(=O)CCCCCCCCCCCCCCCCCCCCCCCCCCC. The highest BCUT2D eigenvalue weighted by molar-refractivity contribution is 7.47. The maximum atomic E-state index is 12.8. The van der Waals surface area contributed by atoms with Gasteiger partial charge < -0.3 is 19.8 Å².